The largest absolute Gasteiger partial charge is 0.343 e. The highest BCUT2D eigenvalue weighted by Gasteiger charge is 2.14. The van der Waals surface area contributed by atoms with Crippen LogP contribution >= 0.6 is 23.2 Å². The van der Waals surface area contributed by atoms with Crippen LogP contribution < -0.4 is 0 Å². The first-order valence-corrected chi connectivity index (χ1v) is 6.65. The van der Waals surface area contributed by atoms with Gasteiger partial charge in [0, 0.05) is 12.3 Å². The van der Waals surface area contributed by atoms with Gasteiger partial charge in [-0.3, -0.25) is 0 Å². The summed E-state index contributed by atoms with van der Waals surface area (Å²) in [6, 6.07) is 5.63. The zero-order valence-electron chi connectivity index (χ0n) is 9.88. The van der Waals surface area contributed by atoms with Gasteiger partial charge >= 0.3 is 0 Å². The first-order chi connectivity index (χ1) is 9.29. The van der Waals surface area contributed by atoms with E-state index in [9.17, 15) is 0 Å². The quantitative estimate of drug-likeness (QED) is 0.695. The molecule has 5 nitrogen and oxygen atoms in total. The fourth-order valence-electron chi connectivity index (χ4n) is 2.04. The van der Waals surface area contributed by atoms with Crippen molar-refractivity contribution in [3.63, 3.8) is 0 Å². The van der Waals surface area contributed by atoms with E-state index in [1.54, 1.807) is 0 Å². The first-order valence-electron chi connectivity index (χ1n) is 5.74. The third-order valence-electron chi connectivity index (χ3n) is 2.82. The van der Waals surface area contributed by atoms with Crippen LogP contribution in [-0.4, -0.2) is 25.6 Å². The van der Waals surface area contributed by atoms with Gasteiger partial charge in [-0.25, -0.2) is 4.98 Å². The standard InChI is InChI=1S/C12H10Cl2N4O/c13-5-4-11-16-9-3-1-2-8(14)12(9)18(11)6-10-15-7-19-17-10/h1-3,7H,4-6H2. The average Bonchev–Trinajstić information content (AvgIpc) is 3.00. The topological polar surface area (TPSA) is 56.7 Å². The van der Waals surface area contributed by atoms with E-state index in [-0.39, 0.29) is 0 Å². The van der Waals surface area contributed by atoms with Crippen LogP contribution in [0.3, 0.4) is 0 Å². The van der Waals surface area contributed by atoms with E-state index in [0.717, 1.165) is 16.9 Å². The lowest BCUT2D eigenvalue weighted by molar-refractivity contribution is 0.408. The molecule has 0 amide bonds. The molecule has 2 aromatic heterocycles. The minimum absolute atomic E-state index is 0.461. The van der Waals surface area contributed by atoms with E-state index in [4.69, 9.17) is 27.7 Å². The van der Waals surface area contributed by atoms with Gasteiger partial charge in [0.15, 0.2) is 5.82 Å². The van der Waals surface area contributed by atoms with E-state index in [0.29, 0.717) is 29.7 Å². The van der Waals surface area contributed by atoms with Crippen molar-refractivity contribution in [2.45, 2.75) is 13.0 Å². The molecular weight excluding hydrogens is 287 g/mol. The SMILES string of the molecule is ClCCc1nc2cccc(Cl)c2n1Cc1ncon1. The van der Waals surface area contributed by atoms with Crippen molar-refractivity contribution in [3.05, 3.63) is 41.3 Å². The fraction of sp³-hybridized carbons (Fsp3) is 0.250. The molecule has 0 aliphatic heterocycles. The predicted molar refractivity (Wildman–Crippen MR) is 72.6 cm³/mol. The number of hydrogen-bond acceptors (Lipinski definition) is 4. The van der Waals surface area contributed by atoms with Crippen LogP contribution in [0, 0.1) is 0 Å². The number of alkyl halides is 1. The van der Waals surface area contributed by atoms with Gasteiger partial charge in [0.1, 0.15) is 5.82 Å². The Hall–Kier alpha value is -1.59. The van der Waals surface area contributed by atoms with Crippen molar-refractivity contribution >= 4 is 34.2 Å². The molecule has 0 bridgehead atoms. The molecule has 7 heteroatoms. The summed E-state index contributed by atoms with van der Waals surface area (Å²) in [6.07, 6.45) is 1.96. The molecule has 0 fully saturated rings. The second kappa shape index (κ2) is 5.19. The van der Waals surface area contributed by atoms with Crippen molar-refractivity contribution in [1.29, 1.82) is 0 Å². The average molecular weight is 297 g/mol. The number of fused-ring (bicyclic) bond motifs is 1. The van der Waals surface area contributed by atoms with Crippen LogP contribution in [0.15, 0.2) is 29.1 Å². The molecule has 3 aromatic rings. The maximum absolute atomic E-state index is 6.26. The van der Waals surface area contributed by atoms with E-state index in [1.807, 2.05) is 22.8 Å². The van der Waals surface area contributed by atoms with Crippen LogP contribution in [0.5, 0.6) is 0 Å². The minimum atomic E-state index is 0.461. The smallest absolute Gasteiger partial charge is 0.213 e. The maximum atomic E-state index is 6.26. The Bertz CT molecular complexity index is 693. The van der Waals surface area contributed by atoms with Crippen molar-refractivity contribution in [2.75, 3.05) is 5.88 Å². The summed E-state index contributed by atoms with van der Waals surface area (Å²) < 4.78 is 6.73. The Labute approximate surface area is 119 Å². The lowest BCUT2D eigenvalue weighted by Gasteiger charge is -2.06. The third-order valence-corrected chi connectivity index (χ3v) is 3.32. The molecule has 98 valence electrons. The lowest BCUT2D eigenvalue weighted by Crippen LogP contribution is -2.07. The summed E-state index contributed by atoms with van der Waals surface area (Å²) in [7, 11) is 0. The van der Waals surface area contributed by atoms with Crippen molar-refractivity contribution in [1.82, 2.24) is 19.7 Å². The molecule has 2 heterocycles. The summed E-state index contributed by atoms with van der Waals surface area (Å²) in [5, 5.41) is 4.47. The molecule has 3 rings (SSSR count). The molecule has 0 N–H and O–H groups in total. The van der Waals surface area contributed by atoms with Gasteiger partial charge in [0.05, 0.1) is 22.6 Å². The van der Waals surface area contributed by atoms with E-state index < -0.39 is 0 Å². The zero-order chi connectivity index (χ0) is 13.2. The Morgan fingerprint density at radius 1 is 1.32 bits per heavy atom. The second-order valence-electron chi connectivity index (χ2n) is 4.01. The van der Waals surface area contributed by atoms with Crippen LogP contribution in [0.1, 0.15) is 11.6 Å². The molecular formula is C12H10Cl2N4O. The number of aromatic nitrogens is 4. The summed E-state index contributed by atoms with van der Waals surface area (Å²) >= 11 is 12.1. The summed E-state index contributed by atoms with van der Waals surface area (Å²) in [5.74, 6) is 1.94. The highest BCUT2D eigenvalue weighted by Crippen LogP contribution is 2.25. The third kappa shape index (κ3) is 2.31. The highest BCUT2D eigenvalue weighted by molar-refractivity contribution is 6.35. The van der Waals surface area contributed by atoms with Crippen LogP contribution in [0.4, 0.5) is 0 Å². The number of hydrogen-bond donors (Lipinski definition) is 0. The van der Waals surface area contributed by atoms with Crippen molar-refractivity contribution < 1.29 is 4.52 Å². The lowest BCUT2D eigenvalue weighted by atomic mass is 10.3. The monoisotopic (exact) mass is 296 g/mol. The fourth-order valence-corrected chi connectivity index (χ4v) is 2.48. The molecule has 1 aromatic carbocycles. The molecule has 0 unspecified atom stereocenters. The van der Waals surface area contributed by atoms with Gasteiger partial charge in [0.2, 0.25) is 6.39 Å². The van der Waals surface area contributed by atoms with Gasteiger partial charge in [-0.15, -0.1) is 11.6 Å². The Morgan fingerprint density at radius 2 is 2.21 bits per heavy atom. The molecule has 0 radical (unpaired) electrons. The van der Waals surface area contributed by atoms with E-state index in [1.165, 1.54) is 6.39 Å². The van der Waals surface area contributed by atoms with Gasteiger partial charge in [-0.2, -0.15) is 4.98 Å². The minimum Gasteiger partial charge on any atom is -0.343 e. The number of rotatable bonds is 4. The van der Waals surface area contributed by atoms with E-state index >= 15 is 0 Å². The van der Waals surface area contributed by atoms with Crippen LogP contribution in [0.2, 0.25) is 5.02 Å². The summed E-state index contributed by atoms with van der Waals surface area (Å²) in [5.41, 5.74) is 1.71. The number of benzene rings is 1. The molecule has 0 aliphatic rings. The van der Waals surface area contributed by atoms with Gasteiger partial charge in [-0.05, 0) is 12.1 Å². The van der Waals surface area contributed by atoms with Crippen molar-refractivity contribution in [2.24, 2.45) is 0 Å². The van der Waals surface area contributed by atoms with Gasteiger partial charge < -0.3 is 9.09 Å². The second-order valence-corrected chi connectivity index (χ2v) is 4.79. The van der Waals surface area contributed by atoms with Gasteiger partial charge in [-0.1, -0.05) is 22.8 Å². The number of nitrogens with zero attached hydrogens (tertiary/aromatic N) is 4. The Balaban J connectivity index is 2.15. The van der Waals surface area contributed by atoms with Crippen LogP contribution in [0.25, 0.3) is 11.0 Å². The highest BCUT2D eigenvalue weighted by atomic mass is 35.5. The summed E-state index contributed by atoms with van der Waals surface area (Å²) in [4.78, 5) is 8.58. The number of halogens is 2. The Kier molecular flexibility index (Phi) is 3.40. The zero-order valence-corrected chi connectivity index (χ0v) is 11.4. The molecule has 19 heavy (non-hydrogen) atoms. The maximum Gasteiger partial charge on any atom is 0.213 e. The normalized spacial score (nSPS) is 11.3. The number of imidazole rings is 1. The number of aryl methyl sites for hydroxylation is 1. The predicted octanol–water partition coefficient (Wildman–Crippen LogP) is 2.90. The molecule has 0 aliphatic carbocycles. The van der Waals surface area contributed by atoms with E-state index in [2.05, 4.69) is 15.1 Å². The molecule has 0 saturated carbocycles. The van der Waals surface area contributed by atoms with Crippen LogP contribution in [-0.2, 0) is 13.0 Å². The molecule has 0 atom stereocenters. The van der Waals surface area contributed by atoms with Crippen molar-refractivity contribution in [3.8, 4) is 0 Å². The van der Waals surface area contributed by atoms with Gasteiger partial charge in [0.25, 0.3) is 0 Å². The first kappa shape index (κ1) is 12.4. The molecule has 0 saturated heterocycles. The Morgan fingerprint density at radius 3 is 2.95 bits per heavy atom. The number of para-hydroxylation sites is 1. The summed E-state index contributed by atoms with van der Waals surface area (Å²) in [6.45, 7) is 0.461. The molecule has 0 spiro atoms.